The van der Waals surface area contributed by atoms with E-state index in [1.165, 1.54) is 28.4 Å². The summed E-state index contributed by atoms with van der Waals surface area (Å²) in [6, 6.07) is 14.0. The summed E-state index contributed by atoms with van der Waals surface area (Å²) in [5, 5.41) is 2.83. The summed E-state index contributed by atoms with van der Waals surface area (Å²) in [5.41, 5.74) is 9.05. The lowest BCUT2D eigenvalue weighted by molar-refractivity contribution is -0.282. The molecule has 0 unspecified atom stereocenters. The highest BCUT2D eigenvalue weighted by Gasteiger charge is 2.20. The highest BCUT2D eigenvalue weighted by molar-refractivity contribution is 5.90. The first-order chi connectivity index (χ1) is 18.4. The van der Waals surface area contributed by atoms with Crippen LogP contribution < -0.4 is 25.3 Å². The van der Waals surface area contributed by atoms with Crippen molar-refractivity contribution in [2.45, 2.75) is 13.0 Å². The van der Waals surface area contributed by atoms with Crippen LogP contribution in [0.2, 0.25) is 0 Å². The number of carbonyl (C=O) groups excluding carboxylic acids is 2. The first-order valence-electron chi connectivity index (χ1n) is 11.6. The number of anilines is 1. The number of nitrogens with one attached hydrogen (secondary N) is 1. The summed E-state index contributed by atoms with van der Waals surface area (Å²) in [6.45, 7) is 0.249. The van der Waals surface area contributed by atoms with Crippen molar-refractivity contribution in [1.82, 2.24) is 10.3 Å². The minimum atomic E-state index is -0.620. The number of nitrogen functional groups attached to an aromatic ring is 1. The van der Waals surface area contributed by atoms with Gasteiger partial charge in [-0.3, -0.25) is 4.79 Å². The van der Waals surface area contributed by atoms with E-state index in [1.807, 2.05) is 24.3 Å². The molecule has 202 valence electrons. The van der Waals surface area contributed by atoms with Crippen LogP contribution in [-0.4, -0.2) is 58.5 Å². The smallest absolute Gasteiger partial charge is 0.356 e. The molecule has 3 rings (SSSR count). The minimum absolute atomic E-state index is 0.00635. The Bertz CT molecular complexity index is 1220. The first kappa shape index (κ1) is 28.2. The van der Waals surface area contributed by atoms with Crippen molar-refractivity contribution in [3.05, 3.63) is 65.5 Å². The van der Waals surface area contributed by atoms with Gasteiger partial charge in [-0.1, -0.05) is 12.1 Å². The molecule has 11 heteroatoms. The number of nitrogens with zero attached hydrogens (tertiary/aromatic N) is 1. The molecule has 0 fully saturated rings. The van der Waals surface area contributed by atoms with Gasteiger partial charge in [-0.15, -0.1) is 0 Å². The van der Waals surface area contributed by atoms with Gasteiger partial charge in [0.15, 0.2) is 6.61 Å². The van der Waals surface area contributed by atoms with Gasteiger partial charge in [-0.25, -0.2) is 19.6 Å². The summed E-state index contributed by atoms with van der Waals surface area (Å²) in [7, 11) is 5.62. The number of benzene rings is 2. The predicted molar refractivity (Wildman–Crippen MR) is 139 cm³/mol. The van der Waals surface area contributed by atoms with Crippen LogP contribution in [0.4, 0.5) is 5.69 Å². The average molecular weight is 526 g/mol. The Balaban J connectivity index is 1.77. The zero-order valence-corrected chi connectivity index (χ0v) is 21.7. The lowest BCUT2D eigenvalue weighted by Crippen LogP contribution is -2.30. The average Bonchev–Trinajstić information content (AvgIpc) is 2.94. The van der Waals surface area contributed by atoms with E-state index in [-0.39, 0.29) is 24.8 Å². The largest absolute Gasteiger partial charge is 0.496 e. The van der Waals surface area contributed by atoms with E-state index >= 15 is 0 Å². The fraction of sp³-hybridized carbons (Fsp3) is 0.296. The Morgan fingerprint density at radius 3 is 2.24 bits per heavy atom. The Labute approximate surface area is 220 Å². The van der Waals surface area contributed by atoms with Crippen molar-refractivity contribution < 1.29 is 38.3 Å². The monoisotopic (exact) mass is 525 g/mol. The molecule has 0 atom stereocenters. The van der Waals surface area contributed by atoms with Gasteiger partial charge in [0.2, 0.25) is 0 Å². The SMILES string of the molecule is COOCc1cc(-c2c(OC)cc(OCC(=O)NCCc3ccc(N)cc3)cc2OC)cc(C(=O)OC)n1. The van der Waals surface area contributed by atoms with Crippen LogP contribution in [-0.2, 0) is 32.3 Å². The molecule has 38 heavy (non-hydrogen) atoms. The number of hydrogen-bond acceptors (Lipinski definition) is 10. The normalized spacial score (nSPS) is 10.5. The van der Waals surface area contributed by atoms with Gasteiger partial charge >= 0.3 is 5.97 Å². The van der Waals surface area contributed by atoms with Gasteiger partial charge in [0.25, 0.3) is 5.91 Å². The lowest BCUT2D eigenvalue weighted by Gasteiger charge is -2.17. The van der Waals surface area contributed by atoms with Crippen LogP contribution in [0.5, 0.6) is 17.2 Å². The number of hydrogen-bond donors (Lipinski definition) is 2. The number of esters is 1. The van der Waals surface area contributed by atoms with E-state index in [1.54, 1.807) is 24.3 Å². The van der Waals surface area contributed by atoms with Crippen molar-refractivity contribution in [1.29, 1.82) is 0 Å². The van der Waals surface area contributed by atoms with Gasteiger partial charge in [0, 0.05) is 24.4 Å². The Morgan fingerprint density at radius 1 is 0.947 bits per heavy atom. The molecule has 2 aromatic carbocycles. The molecular weight excluding hydrogens is 494 g/mol. The highest BCUT2D eigenvalue weighted by atomic mass is 17.2. The van der Waals surface area contributed by atoms with E-state index in [2.05, 4.69) is 15.2 Å². The summed E-state index contributed by atoms with van der Waals surface area (Å²) in [5.74, 6) is 0.252. The molecule has 0 bridgehead atoms. The molecule has 1 heterocycles. The molecule has 1 aromatic heterocycles. The maximum atomic E-state index is 12.3. The second-order valence-corrected chi connectivity index (χ2v) is 7.99. The molecule has 11 nitrogen and oxygen atoms in total. The summed E-state index contributed by atoms with van der Waals surface area (Å²) < 4.78 is 21.7. The summed E-state index contributed by atoms with van der Waals surface area (Å²) >= 11 is 0. The number of rotatable bonds is 13. The number of pyridine rings is 1. The molecule has 0 saturated carbocycles. The second kappa shape index (κ2) is 13.8. The van der Waals surface area contributed by atoms with Gasteiger partial charge in [-0.05, 0) is 41.8 Å². The number of amides is 1. The highest BCUT2D eigenvalue weighted by Crippen LogP contribution is 2.42. The van der Waals surface area contributed by atoms with Crippen LogP contribution >= 0.6 is 0 Å². The fourth-order valence-corrected chi connectivity index (χ4v) is 3.62. The van der Waals surface area contributed by atoms with Crippen molar-refractivity contribution >= 4 is 17.6 Å². The van der Waals surface area contributed by atoms with E-state index < -0.39 is 5.97 Å². The van der Waals surface area contributed by atoms with Crippen LogP contribution in [0.15, 0.2) is 48.5 Å². The third-order valence-corrected chi connectivity index (χ3v) is 5.45. The zero-order chi connectivity index (χ0) is 27.5. The van der Waals surface area contributed by atoms with E-state index in [4.69, 9.17) is 29.6 Å². The van der Waals surface area contributed by atoms with Gasteiger partial charge < -0.3 is 30.0 Å². The van der Waals surface area contributed by atoms with Crippen molar-refractivity contribution in [2.24, 2.45) is 0 Å². The van der Waals surface area contributed by atoms with Crippen LogP contribution in [0.25, 0.3) is 11.1 Å². The minimum Gasteiger partial charge on any atom is -0.496 e. The first-order valence-corrected chi connectivity index (χ1v) is 11.6. The molecule has 1 amide bonds. The molecule has 0 aliphatic carbocycles. The maximum absolute atomic E-state index is 12.3. The number of aromatic nitrogens is 1. The number of carbonyl (C=O) groups is 2. The molecular formula is C27H31N3O8. The fourth-order valence-electron chi connectivity index (χ4n) is 3.62. The molecule has 0 saturated heterocycles. The predicted octanol–water partition coefficient (Wildman–Crippen LogP) is 2.95. The number of nitrogens with two attached hydrogens (primary N) is 1. The standard InChI is InChI=1S/C27H31N3O8/c1-33-23-13-21(37-16-25(31)29-10-9-17-5-7-19(28)8-6-17)14-24(34-2)26(23)18-11-20(15-38-36-4)30-22(12-18)27(32)35-3/h5-8,11-14H,9-10,15-16,28H2,1-4H3,(H,29,31). The quantitative estimate of drug-likeness (QED) is 0.148. The van der Waals surface area contributed by atoms with Crippen LogP contribution in [0.1, 0.15) is 21.7 Å². The molecule has 3 aromatic rings. The molecule has 0 radical (unpaired) electrons. The molecule has 0 aliphatic heterocycles. The topological polar surface area (TPSA) is 140 Å². The van der Waals surface area contributed by atoms with Crippen molar-refractivity contribution in [2.75, 3.05) is 47.3 Å². The number of ether oxygens (including phenoxy) is 4. The van der Waals surface area contributed by atoms with E-state index in [0.29, 0.717) is 52.7 Å². The maximum Gasteiger partial charge on any atom is 0.356 e. The Hall–Kier alpha value is -4.35. The summed E-state index contributed by atoms with van der Waals surface area (Å²) in [4.78, 5) is 38.4. The zero-order valence-electron chi connectivity index (χ0n) is 21.7. The second-order valence-electron chi connectivity index (χ2n) is 7.99. The summed E-state index contributed by atoms with van der Waals surface area (Å²) in [6.07, 6.45) is 0.666. The van der Waals surface area contributed by atoms with Gasteiger partial charge in [0.1, 0.15) is 29.5 Å². The lowest BCUT2D eigenvalue weighted by atomic mass is 10.0. The van der Waals surface area contributed by atoms with Gasteiger partial charge in [-0.2, -0.15) is 0 Å². The third-order valence-electron chi connectivity index (χ3n) is 5.45. The van der Waals surface area contributed by atoms with E-state index in [0.717, 1.165) is 5.56 Å². The number of methoxy groups -OCH3 is 3. The molecule has 0 aliphatic rings. The van der Waals surface area contributed by atoms with Crippen molar-refractivity contribution in [3.8, 4) is 28.4 Å². The molecule has 0 spiro atoms. The third kappa shape index (κ3) is 7.58. The van der Waals surface area contributed by atoms with Gasteiger partial charge in [0.05, 0.1) is 39.7 Å². The Morgan fingerprint density at radius 2 is 1.63 bits per heavy atom. The van der Waals surface area contributed by atoms with Crippen LogP contribution in [0, 0.1) is 0 Å². The molecule has 3 N–H and O–H groups in total. The Kier molecular flexibility index (Phi) is 10.3. The van der Waals surface area contributed by atoms with E-state index in [9.17, 15) is 9.59 Å². The van der Waals surface area contributed by atoms with Crippen molar-refractivity contribution in [3.63, 3.8) is 0 Å². The van der Waals surface area contributed by atoms with Crippen LogP contribution in [0.3, 0.4) is 0 Å².